The molecule has 0 saturated carbocycles. The Morgan fingerprint density at radius 3 is 1.97 bits per heavy atom. The minimum atomic E-state index is -4.40. The number of hydrogen-bond donors (Lipinski definition) is 0. The number of pyridine rings is 1. The van der Waals surface area contributed by atoms with Crippen LogP contribution in [0.1, 0.15) is 42.8 Å². The van der Waals surface area contributed by atoms with Gasteiger partial charge in [0.15, 0.2) is 0 Å². The van der Waals surface area contributed by atoms with Gasteiger partial charge in [0, 0.05) is 6.20 Å². The van der Waals surface area contributed by atoms with Gasteiger partial charge < -0.3 is 4.65 Å². The molecule has 0 saturated heterocycles. The highest BCUT2D eigenvalue weighted by Crippen LogP contribution is 2.32. The van der Waals surface area contributed by atoms with E-state index < -0.39 is 24.8 Å². The SMILES string of the molecule is C.CCc1ccc(B(OC(c2ccc(C(F)(F)F)cc2)c2ccccn2)c2ccccc2)cc1. The third kappa shape index (κ3) is 5.94. The summed E-state index contributed by atoms with van der Waals surface area (Å²) in [6.07, 6.45) is -2.46. The second-order valence-electron chi connectivity index (χ2n) is 7.78. The lowest BCUT2D eigenvalue weighted by Crippen LogP contribution is -2.46. The van der Waals surface area contributed by atoms with Crippen LogP contribution < -0.4 is 10.9 Å². The van der Waals surface area contributed by atoms with Crippen molar-refractivity contribution in [1.82, 2.24) is 4.98 Å². The number of aryl methyl sites for hydroxylation is 1. The predicted molar refractivity (Wildman–Crippen MR) is 133 cm³/mol. The Morgan fingerprint density at radius 1 is 0.794 bits per heavy atom. The number of alkyl halides is 3. The monoisotopic (exact) mass is 461 g/mol. The number of benzene rings is 3. The minimum absolute atomic E-state index is 0. The standard InChI is InChI=1S/C27H23BF3NO.CH4/c1-2-20-11-17-24(18-12-20)28(23-8-4-3-5-9-23)33-26(25-10-6-7-19-32-25)21-13-15-22(16-14-21)27(29,30)31;/h3-19,26H,2H2,1H3;1H4. The first-order valence-electron chi connectivity index (χ1n) is 10.8. The van der Waals surface area contributed by atoms with Gasteiger partial charge in [0.25, 0.3) is 0 Å². The van der Waals surface area contributed by atoms with Crippen LogP contribution in [0.15, 0.2) is 103 Å². The van der Waals surface area contributed by atoms with Gasteiger partial charge in [-0.2, -0.15) is 13.2 Å². The fourth-order valence-corrected chi connectivity index (χ4v) is 3.74. The first-order chi connectivity index (χ1) is 16.0. The molecule has 1 heterocycles. The lowest BCUT2D eigenvalue weighted by molar-refractivity contribution is -0.137. The zero-order chi connectivity index (χ0) is 23.3. The highest BCUT2D eigenvalue weighted by Gasteiger charge is 2.32. The molecule has 6 heteroatoms. The van der Waals surface area contributed by atoms with E-state index in [1.165, 1.54) is 17.7 Å². The van der Waals surface area contributed by atoms with E-state index in [0.29, 0.717) is 11.3 Å². The fraction of sp³-hybridized carbons (Fsp3) is 0.179. The molecule has 1 unspecified atom stereocenters. The summed E-state index contributed by atoms with van der Waals surface area (Å²) in [7, 11) is 0. The van der Waals surface area contributed by atoms with E-state index in [1.807, 2.05) is 54.6 Å². The Bertz CT molecular complexity index is 1150. The summed E-state index contributed by atoms with van der Waals surface area (Å²) in [5.74, 6) is 0. The van der Waals surface area contributed by atoms with Gasteiger partial charge in [-0.05, 0) is 52.7 Å². The quantitative estimate of drug-likeness (QED) is 0.305. The van der Waals surface area contributed by atoms with Gasteiger partial charge in [-0.3, -0.25) is 4.98 Å². The van der Waals surface area contributed by atoms with Gasteiger partial charge in [-0.1, -0.05) is 87.1 Å². The van der Waals surface area contributed by atoms with Crippen LogP contribution in [0.4, 0.5) is 13.2 Å². The van der Waals surface area contributed by atoms with Crippen molar-refractivity contribution >= 4 is 17.8 Å². The van der Waals surface area contributed by atoms with Crippen molar-refractivity contribution in [2.45, 2.75) is 33.1 Å². The molecule has 4 rings (SSSR count). The van der Waals surface area contributed by atoms with Gasteiger partial charge in [0.1, 0.15) is 6.10 Å². The van der Waals surface area contributed by atoms with Crippen LogP contribution in [0.2, 0.25) is 0 Å². The van der Waals surface area contributed by atoms with Crippen LogP contribution in [0, 0.1) is 0 Å². The van der Waals surface area contributed by atoms with Crippen LogP contribution in [0.5, 0.6) is 0 Å². The molecule has 0 spiro atoms. The van der Waals surface area contributed by atoms with Crippen molar-refractivity contribution in [2.24, 2.45) is 0 Å². The summed E-state index contributed by atoms with van der Waals surface area (Å²) in [4.78, 5) is 4.45. The molecule has 34 heavy (non-hydrogen) atoms. The Hall–Kier alpha value is -3.38. The smallest absolute Gasteiger partial charge is 0.414 e. The Labute approximate surface area is 199 Å². The zero-order valence-corrected chi connectivity index (χ0v) is 18.2. The summed E-state index contributed by atoms with van der Waals surface area (Å²) in [5.41, 5.74) is 3.67. The number of aromatic nitrogens is 1. The molecule has 0 amide bonds. The maximum Gasteiger partial charge on any atom is 0.416 e. The molecule has 0 fully saturated rings. The van der Waals surface area contributed by atoms with Gasteiger partial charge in [-0.15, -0.1) is 0 Å². The van der Waals surface area contributed by atoms with E-state index in [0.717, 1.165) is 29.5 Å². The predicted octanol–water partition coefficient (Wildman–Crippen LogP) is 6.21. The molecule has 0 bridgehead atoms. The number of nitrogens with zero attached hydrogens (tertiary/aromatic N) is 1. The maximum atomic E-state index is 13.1. The maximum absolute atomic E-state index is 13.1. The van der Waals surface area contributed by atoms with E-state index in [4.69, 9.17) is 4.65 Å². The first kappa shape index (κ1) is 25.3. The lowest BCUT2D eigenvalue weighted by Gasteiger charge is -2.24. The molecule has 2 nitrogen and oxygen atoms in total. The lowest BCUT2D eigenvalue weighted by atomic mass is 9.55. The highest BCUT2D eigenvalue weighted by molar-refractivity contribution is 6.80. The second kappa shape index (κ2) is 11.2. The molecular weight excluding hydrogens is 434 g/mol. The molecule has 3 aromatic carbocycles. The molecule has 174 valence electrons. The van der Waals surface area contributed by atoms with E-state index in [2.05, 4.69) is 24.0 Å². The summed E-state index contributed by atoms with van der Waals surface area (Å²) < 4.78 is 46.0. The summed E-state index contributed by atoms with van der Waals surface area (Å²) >= 11 is 0. The normalized spacial score (nSPS) is 12.0. The van der Waals surface area contributed by atoms with E-state index in [1.54, 1.807) is 12.3 Å². The first-order valence-corrected chi connectivity index (χ1v) is 10.8. The van der Waals surface area contributed by atoms with Gasteiger partial charge in [0.05, 0.1) is 11.3 Å². The Balaban J connectivity index is 0.00000324. The van der Waals surface area contributed by atoms with Crippen molar-refractivity contribution in [1.29, 1.82) is 0 Å². The van der Waals surface area contributed by atoms with Crippen LogP contribution in [0.3, 0.4) is 0 Å². The molecule has 0 N–H and O–H groups in total. The van der Waals surface area contributed by atoms with E-state index in [9.17, 15) is 13.2 Å². The molecule has 1 aromatic heterocycles. The van der Waals surface area contributed by atoms with Crippen LogP contribution in [0.25, 0.3) is 0 Å². The average Bonchev–Trinajstić information content (AvgIpc) is 2.85. The van der Waals surface area contributed by atoms with Crippen LogP contribution in [-0.4, -0.2) is 11.9 Å². The average molecular weight is 461 g/mol. The third-order valence-electron chi connectivity index (χ3n) is 5.56. The molecule has 0 aliphatic heterocycles. The zero-order valence-electron chi connectivity index (χ0n) is 18.2. The highest BCUT2D eigenvalue weighted by atomic mass is 19.4. The second-order valence-corrected chi connectivity index (χ2v) is 7.78. The largest absolute Gasteiger partial charge is 0.416 e. The fourth-order valence-electron chi connectivity index (χ4n) is 3.74. The summed E-state index contributed by atoms with van der Waals surface area (Å²) in [6.45, 7) is 1.67. The van der Waals surface area contributed by atoms with Crippen molar-refractivity contribution in [3.05, 3.63) is 126 Å². The van der Waals surface area contributed by atoms with E-state index >= 15 is 0 Å². The van der Waals surface area contributed by atoms with Crippen molar-refractivity contribution in [3.63, 3.8) is 0 Å². The number of halogens is 3. The third-order valence-corrected chi connectivity index (χ3v) is 5.56. The van der Waals surface area contributed by atoms with Crippen LogP contribution >= 0.6 is 0 Å². The molecule has 0 aliphatic carbocycles. The van der Waals surface area contributed by atoms with Gasteiger partial charge in [0.2, 0.25) is 0 Å². The molecule has 0 radical (unpaired) electrons. The van der Waals surface area contributed by atoms with E-state index in [-0.39, 0.29) is 7.43 Å². The Kier molecular flexibility index (Phi) is 8.29. The number of rotatable bonds is 7. The number of hydrogen-bond acceptors (Lipinski definition) is 2. The van der Waals surface area contributed by atoms with Crippen LogP contribution in [-0.2, 0) is 17.3 Å². The van der Waals surface area contributed by atoms with Gasteiger partial charge >= 0.3 is 13.1 Å². The Morgan fingerprint density at radius 2 is 1.41 bits per heavy atom. The van der Waals surface area contributed by atoms with Crippen molar-refractivity contribution < 1.29 is 17.8 Å². The topological polar surface area (TPSA) is 22.1 Å². The van der Waals surface area contributed by atoms with Gasteiger partial charge in [-0.25, -0.2) is 0 Å². The van der Waals surface area contributed by atoms with Crippen molar-refractivity contribution in [3.8, 4) is 0 Å². The molecular formula is C28H27BF3NO. The van der Waals surface area contributed by atoms with Crippen molar-refractivity contribution in [2.75, 3.05) is 0 Å². The molecule has 0 aliphatic rings. The molecule has 1 atom stereocenters. The summed E-state index contributed by atoms with van der Waals surface area (Å²) in [5, 5.41) is 0. The minimum Gasteiger partial charge on any atom is -0.414 e. The molecule has 4 aromatic rings. The summed E-state index contributed by atoms with van der Waals surface area (Å²) in [6, 6.07) is 28.6.